The van der Waals surface area contributed by atoms with E-state index in [1.165, 1.54) is 244 Å². The minimum absolute atomic E-state index is 0.0620. The molecule has 0 bridgehead atoms. The van der Waals surface area contributed by atoms with E-state index in [1.54, 1.807) is 0 Å². The summed E-state index contributed by atoms with van der Waals surface area (Å²) in [5.41, 5.74) is 0. The van der Waals surface area contributed by atoms with Crippen molar-refractivity contribution in [1.29, 1.82) is 0 Å². The maximum atomic E-state index is 12.9. The zero-order valence-electron chi connectivity index (χ0n) is 47.5. The first-order chi connectivity index (χ1) is 33.8. The number of esters is 3. The lowest BCUT2D eigenvalue weighted by Crippen LogP contribution is -2.30. The third kappa shape index (κ3) is 55.6. The van der Waals surface area contributed by atoms with Crippen molar-refractivity contribution in [3.05, 3.63) is 0 Å². The van der Waals surface area contributed by atoms with Gasteiger partial charge in [0.2, 0.25) is 0 Å². The van der Waals surface area contributed by atoms with Crippen molar-refractivity contribution in [2.75, 3.05) is 13.2 Å². The van der Waals surface area contributed by atoms with Crippen LogP contribution >= 0.6 is 0 Å². The summed E-state index contributed by atoms with van der Waals surface area (Å²) < 4.78 is 17.0. The van der Waals surface area contributed by atoms with Gasteiger partial charge in [0, 0.05) is 19.3 Å². The third-order valence-electron chi connectivity index (χ3n) is 14.8. The van der Waals surface area contributed by atoms with Crippen molar-refractivity contribution in [3.8, 4) is 0 Å². The van der Waals surface area contributed by atoms with Crippen molar-refractivity contribution in [3.63, 3.8) is 0 Å². The van der Waals surface area contributed by atoms with E-state index in [2.05, 4.69) is 34.6 Å². The standard InChI is InChI=1S/C63H122O6/c1-6-8-9-10-11-12-13-14-15-16-17-23-28-33-38-43-48-53-61(64)67-56-60(57-68-62(65)54-49-44-39-34-29-25-20-21-26-31-36-41-46-51-58(3)4)69-63(66)55-50-45-40-35-30-24-19-18-22-27-32-37-42-47-52-59(5)7-2/h58-60H,6-57H2,1-5H3/t59?,60-/m0/s1. The van der Waals surface area contributed by atoms with E-state index in [1.807, 2.05) is 0 Å². The Hall–Kier alpha value is -1.59. The van der Waals surface area contributed by atoms with E-state index >= 15 is 0 Å². The average molecular weight is 976 g/mol. The Morgan fingerprint density at radius 3 is 0.826 bits per heavy atom. The molecule has 410 valence electrons. The summed E-state index contributed by atoms with van der Waals surface area (Å²) in [6, 6.07) is 0. The summed E-state index contributed by atoms with van der Waals surface area (Å²) in [5, 5.41) is 0. The van der Waals surface area contributed by atoms with E-state index < -0.39 is 6.10 Å². The smallest absolute Gasteiger partial charge is 0.306 e. The Labute approximate surface area is 431 Å². The highest BCUT2D eigenvalue weighted by Gasteiger charge is 2.19. The number of carbonyl (C=O) groups is 3. The van der Waals surface area contributed by atoms with Gasteiger partial charge in [-0.3, -0.25) is 14.4 Å². The predicted molar refractivity (Wildman–Crippen MR) is 298 cm³/mol. The van der Waals surface area contributed by atoms with Crippen LogP contribution in [0.3, 0.4) is 0 Å². The Morgan fingerprint density at radius 2 is 0.551 bits per heavy atom. The molecule has 2 atom stereocenters. The van der Waals surface area contributed by atoms with Crippen LogP contribution in [0, 0.1) is 11.8 Å². The third-order valence-corrected chi connectivity index (χ3v) is 14.8. The topological polar surface area (TPSA) is 78.9 Å². The first-order valence-corrected chi connectivity index (χ1v) is 31.3. The molecule has 0 amide bonds. The molecule has 0 aliphatic rings. The number of ether oxygens (including phenoxy) is 3. The van der Waals surface area contributed by atoms with Crippen molar-refractivity contribution in [2.24, 2.45) is 11.8 Å². The van der Waals surface area contributed by atoms with Gasteiger partial charge in [-0.25, -0.2) is 0 Å². The number of carbonyl (C=O) groups excluding carboxylic acids is 3. The second kappa shape index (κ2) is 55.7. The van der Waals surface area contributed by atoms with Gasteiger partial charge >= 0.3 is 17.9 Å². The fourth-order valence-corrected chi connectivity index (χ4v) is 9.73. The minimum Gasteiger partial charge on any atom is -0.462 e. The van der Waals surface area contributed by atoms with Crippen molar-refractivity contribution in [2.45, 2.75) is 362 Å². The summed E-state index contributed by atoms with van der Waals surface area (Å²) in [5.74, 6) is 0.901. The lowest BCUT2D eigenvalue weighted by molar-refractivity contribution is -0.167. The molecule has 0 radical (unpaired) electrons. The lowest BCUT2D eigenvalue weighted by atomic mass is 9.99. The van der Waals surface area contributed by atoms with E-state index in [9.17, 15) is 14.4 Å². The van der Waals surface area contributed by atoms with Gasteiger partial charge in [0.15, 0.2) is 6.10 Å². The molecule has 1 unspecified atom stereocenters. The van der Waals surface area contributed by atoms with Crippen LogP contribution in [0.4, 0.5) is 0 Å². The molecule has 0 heterocycles. The van der Waals surface area contributed by atoms with Crippen molar-refractivity contribution in [1.82, 2.24) is 0 Å². The average Bonchev–Trinajstić information content (AvgIpc) is 3.34. The minimum atomic E-state index is -0.763. The molecule has 0 aliphatic heterocycles. The fourth-order valence-electron chi connectivity index (χ4n) is 9.73. The molecule has 0 fully saturated rings. The molecule has 0 saturated heterocycles. The van der Waals surface area contributed by atoms with Crippen LogP contribution < -0.4 is 0 Å². The molecule has 69 heavy (non-hydrogen) atoms. The van der Waals surface area contributed by atoms with Crippen LogP contribution in [0.25, 0.3) is 0 Å². The van der Waals surface area contributed by atoms with Gasteiger partial charge in [-0.15, -0.1) is 0 Å². The monoisotopic (exact) mass is 975 g/mol. The maximum Gasteiger partial charge on any atom is 0.306 e. The Bertz CT molecular complexity index is 1060. The van der Waals surface area contributed by atoms with E-state index in [4.69, 9.17) is 14.2 Å². The summed E-state index contributed by atoms with van der Waals surface area (Å²) in [4.78, 5) is 38.3. The first-order valence-electron chi connectivity index (χ1n) is 31.3. The molecule has 0 aromatic heterocycles. The molecule has 0 aromatic rings. The Balaban J connectivity index is 4.30. The van der Waals surface area contributed by atoms with Gasteiger partial charge in [-0.2, -0.15) is 0 Å². The van der Waals surface area contributed by atoms with Gasteiger partial charge in [-0.1, -0.05) is 317 Å². The van der Waals surface area contributed by atoms with Crippen LogP contribution in [-0.2, 0) is 28.6 Å². The normalized spacial score (nSPS) is 12.4. The summed E-state index contributed by atoms with van der Waals surface area (Å²) >= 11 is 0. The molecule has 0 N–H and O–H groups in total. The van der Waals surface area contributed by atoms with Gasteiger partial charge < -0.3 is 14.2 Å². The Morgan fingerprint density at radius 1 is 0.304 bits per heavy atom. The SMILES string of the molecule is CCCCCCCCCCCCCCCCCCCC(=O)OC[C@@H](COC(=O)CCCCCCCCCCCCCCCC(C)C)OC(=O)CCCCCCCCCCCCCCCCC(C)CC. The largest absolute Gasteiger partial charge is 0.462 e. The highest BCUT2D eigenvalue weighted by atomic mass is 16.6. The molecule has 0 spiro atoms. The predicted octanol–water partition coefficient (Wildman–Crippen LogP) is 20.8. The number of hydrogen-bond acceptors (Lipinski definition) is 6. The van der Waals surface area contributed by atoms with Crippen molar-refractivity contribution >= 4 is 17.9 Å². The van der Waals surface area contributed by atoms with Crippen LogP contribution in [0.2, 0.25) is 0 Å². The van der Waals surface area contributed by atoms with Crippen LogP contribution in [-0.4, -0.2) is 37.2 Å². The van der Waals surface area contributed by atoms with Crippen LogP contribution in [0.1, 0.15) is 356 Å². The fraction of sp³-hybridized carbons (Fsp3) is 0.952. The zero-order valence-corrected chi connectivity index (χ0v) is 47.5. The molecule has 6 nitrogen and oxygen atoms in total. The summed E-state index contributed by atoms with van der Waals surface area (Å²) in [6.45, 7) is 11.5. The van der Waals surface area contributed by atoms with Crippen LogP contribution in [0.15, 0.2) is 0 Å². The summed E-state index contributed by atoms with van der Waals surface area (Å²) in [7, 11) is 0. The maximum absolute atomic E-state index is 12.9. The van der Waals surface area contributed by atoms with E-state index in [0.29, 0.717) is 19.3 Å². The second-order valence-corrected chi connectivity index (χ2v) is 22.4. The number of rotatable bonds is 57. The highest BCUT2D eigenvalue weighted by Crippen LogP contribution is 2.19. The highest BCUT2D eigenvalue weighted by molar-refractivity contribution is 5.71. The number of hydrogen-bond donors (Lipinski definition) is 0. The van der Waals surface area contributed by atoms with E-state index in [0.717, 1.165) is 69.6 Å². The van der Waals surface area contributed by atoms with Gasteiger partial charge in [0.25, 0.3) is 0 Å². The van der Waals surface area contributed by atoms with Gasteiger partial charge in [-0.05, 0) is 31.1 Å². The summed E-state index contributed by atoms with van der Waals surface area (Å²) in [6.07, 6.45) is 60.9. The molecule has 0 rings (SSSR count). The first kappa shape index (κ1) is 67.4. The van der Waals surface area contributed by atoms with Gasteiger partial charge in [0.1, 0.15) is 13.2 Å². The molecule has 0 saturated carbocycles. The molecule has 0 aliphatic carbocycles. The number of unbranched alkanes of at least 4 members (excludes halogenated alkanes) is 41. The lowest BCUT2D eigenvalue weighted by Gasteiger charge is -2.18. The molecule has 6 heteroatoms. The quantitative estimate of drug-likeness (QED) is 0.0343. The van der Waals surface area contributed by atoms with E-state index in [-0.39, 0.29) is 31.1 Å². The Kier molecular flexibility index (Phi) is 54.4. The molecular weight excluding hydrogens is 853 g/mol. The van der Waals surface area contributed by atoms with Crippen molar-refractivity contribution < 1.29 is 28.6 Å². The second-order valence-electron chi connectivity index (χ2n) is 22.4. The molecular formula is C63H122O6. The molecule has 0 aromatic carbocycles. The van der Waals surface area contributed by atoms with Gasteiger partial charge in [0.05, 0.1) is 0 Å². The van der Waals surface area contributed by atoms with Crippen LogP contribution in [0.5, 0.6) is 0 Å². The zero-order chi connectivity index (χ0) is 50.4.